The summed E-state index contributed by atoms with van der Waals surface area (Å²) in [6.45, 7) is 1.34. The van der Waals surface area contributed by atoms with Crippen LogP contribution in [0.25, 0.3) is 5.57 Å². The first-order valence-electron chi connectivity index (χ1n) is 10.9. The van der Waals surface area contributed by atoms with Crippen molar-refractivity contribution in [3.63, 3.8) is 0 Å². The highest BCUT2D eigenvalue weighted by molar-refractivity contribution is 6.02. The van der Waals surface area contributed by atoms with Gasteiger partial charge in [0.15, 0.2) is 24.2 Å². The molecular weight excluding hydrogens is 384 g/mol. The molecule has 0 spiro atoms. The van der Waals surface area contributed by atoms with Gasteiger partial charge < -0.3 is 24.1 Å². The van der Waals surface area contributed by atoms with Gasteiger partial charge in [-0.25, -0.2) is 0 Å². The number of hydrogen-bond donors (Lipinski definition) is 1. The van der Waals surface area contributed by atoms with Crippen molar-refractivity contribution in [1.82, 2.24) is 0 Å². The van der Waals surface area contributed by atoms with E-state index in [-0.39, 0.29) is 25.0 Å². The summed E-state index contributed by atoms with van der Waals surface area (Å²) in [6, 6.07) is 7.47. The molecule has 3 atom stereocenters. The molecule has 2 saturated heterocycles. The van der Waals surface area contributed by atoms with Crippen LogP contribution in [-0.4, -0.2) is 49.1 Å². The van der Waals surface area contributed by atoms with Crippen molar-refractivity contribution in [2.24, 2.45) is 0 Å². The highest BCUT2D eigenvalue weighted by atomic mass is 16.7. The molecule has 3 unspecified atom stereocenters. The number of ether oxygens (including phenoxy) is 4. The second kappa shape index (κ2) is 9.98. The topological polar surface area (TPSA) is 74.2 Å². The van der Waals surface area contributed by atoms with Crippen LogP contribution >= 0.6 is 0 Å². The summed E-state index contributed by atoms with van der Waals surface area (Å²) in [6.07, 6.45) is 10.8. The Kier molecular flexibility index (Phi) is 7.12. The lowest BCUT2D eigenvalue weighted by Gasteiger charge is -2.33. The summed E-state index contributed by atoms with van der Waals surface area (Å²) in [5.74, 6) is -1.46. The van der Waals surface area contributed by atoms with Crippen molar-refractivity contribution >= 4 is 11.4 Å². The van der Waals surface area contributed by atoms with Crippen LogP contribution in [0.2, 0.25) is 0 Å². The summed E-state index contributed by atoms with van der Waals surface area (Å²) in [5.41, 5.74) is 2.31. The van der Waals surface area contributed by atoms with Gasteiger partial charge in [0.25, 0.3) is 0 Å². The Morgan fingerprint density at radius 3 is 2.47 bits per heavy atom. The average Bonchev–Trinajstić information content (AvgIpc) is 2.79. The number of Topliss-reactive ketones (excluding diaryl/α,β-unsaturated/α-hetero) is 1. The Balaban J connectivity index is 1.40. The third-order valence-electron chi connectivity index (χ3n) is 5.69. The van der Waals surface area contributed by atoms with Gasteiger partial charge in [-0.3, -0.25) is 4.79 Å². The Morgan fingerprint density at radius 2 is 1.80 bits per heavy atom. The van der Waals surface area contributed by atoms with Gasteiger partial charge in [-0.05, 0) is 55.7 Å². The molecule has 2 fully saturated rings. The first kappa shape index (κ1) is 21.4. The molecule has 0 saturated carbocycles. The number of carbonyl (C=O) groups is 1. The molecule has 2 aliphatic heterocycles. The fourth-order valence-corrected chi connectivity index (χ4v) is 4.00. The molecule has 3 aliphatic rings. The molecule has 1 N–H and O–H groups in total. The Hall–Kier alpha value is -1.83. The van der Waals surface area contributed by atoms with Crippen LogP contribution in [-0.2, 0) is 18.9 Å². The van der Waals surface area contributed by atoms with Crippen molar-refractivity contribution in [2.45, 2.75) is 63.3 Å². The predicted molar refractivity (Wildman–Crippen MR) is 112 cm³/mol. The Bertz CT molecular complexity index is 789. The summed E-state index contributed by atoms with van der Waals surface area (Å²) in [7, 11) is 0. The summed E-state index contributed by atoms with van der Waals surface area (Å²) < 4.78 is 22.6. The van der Waals surface area contributed by atoms with E-state index in [1.54, 1.807) is 6.08 Å². The van der Waals surface area contributed by atoms with Crippen molar-refractivity contribution in [2.75, 3.05) is 19.8 Å². The zero-order valence-corrected chi connectivity index (χ0v) is 17.3. The minimum Gasteiger partial charge on any atom is -0.362 e. The quantitative estimate of drug-likeness (QED) is 0.537. The standard InChI is InChI=1S/C24H30O6/c25-21(17-29-22-9-3-5-15-27-22)20-8-2-1-7-19(20)18-11-13-24(26,14-12-18)30-23-10-4-6-16-28-23/h1-2,7-8,11-13,22-23,26H,3-6,9-10,14-17H2. The van der Waals surface area contributed by atoms with Gasteiger partial charge in [0.05, 0.1) is 0 Å². The number of rotatable bonds is 7. The minimum absolute atomic E-state index is 0.00918. The maximum absolute atomic E-state index is 12.8. The van der Waals surface area contributed by atoms with E-state index in [0.29, 0.717) is 25.2 Å². The molecule has 2 heterocycles. The second-order valence-electron chi connectivity index (χ2n) is 8.03. The largest absolute Gasteiger partial charge is 0.362 e. The van der Waals surface area contributed by atoms with Crippen molar-refractivity contribution < 1.29 is 28.8 Å². The van der Waals surface area contributed by atoms with Gasteiger partial charge in [-0.2, -0.15) is 0 Å². The highest BCUT2D eigenvalue weighted by Gasteiger charge is 2.31. The van der Waals surface area contributed by atoms with Gasteiger partial charge in [0, 0.05) is 25.2 Å². The lowest BCUT2D eigenvalue weighted by atomic mass is 9.92. The van der Waals surface area contributed by atoms with E-state index < -0.39 is 5.79 Å². The molecule has 4 rings (SSSR count). The van der Waals surface area contributed by atoms with E-state index in [0.717, 1.165) is 49.7 Å². The van der Waals surface area contributed by atoms with E-state index in [1.165, 1.54) is 0 Å². The lowest BCUT2D eigenvalue weighted by Crippen LogP contribution is -2.37. The van der Waals surface area contributed by atoms with Crippen LogP contribution in [0.3, 0.4) is 0 Å². The molecule has 0 radical (unpaired) electrons. The fraction of sp³-hybridized carbons (Fsp3) is 0.542. The first-order valence-corrected chi connectivity index (χ1v) is 10.9. The molecule has 0 bridgehead atoms. The summed E-state index contributed by atoms with van der Waals surface area (Å²) in [5, 5.41) is 10.8. The highest BCUT2D eigenvalue weighted by Crippen LogP contribution is 2.32. The monoisotopic (exact) mass is 414 g/mol. The van der Waals surface area contributed by atoms with Crippen LogP contribution in [0.15, 0.2) is 42.5 Å². The summed E-state index contributed by atoms with van der Waals surface area (Å²) >= 11 is 0. The third kappa shape index (κ3) is 5.45. The SMILES string of the molecule is O=C(COC1CCCCO1)c1ccccc1C1=CCC(O)(OC2CCCCO2)C=C1. The smallest absolute Gasteiger partial charge is 0.192 e. The third-order valence-corrected chi connectivity index (χ3v) is 5.69. The van der Waals surface area contributed by atoms with E-state index in [4.69, 9.17) is 18.9 Å². The minimum atomic E-state index is -1.38. The number of ketones is 1. The molecule has 1 aromatic rings. The number of benzene rings is 1. The van der Waals surface area contributed by atoms with Crippen LogP contribution < -0.4 is 0 Å². The molecular formula is C24H30O6. The van der Waals surface area contributed by atoms with Gasteiger partial charge in [0.1, 0.15) is 6.61 Å². The molecule has 0 amide bonds. The summed E-state index contributed by atoms with van der Waals surface area (Å²) in [4.78, 5) is 12.8. The molecule has 162 valence electrons. The molecule has 6 heteroatoms. The van der Waals surface area contributed by atoms with Crippen molar-refractivity contribution in [3.05, 3.63) is 53.6 Å². The first-order chi connectivity index (χ1) is 14.6. The molecule has 30 heavy (non-hydrogen) atoms. The van der Waals surface area contributed by atoms with Crippen molar-refractivity contribution in [1.29, 1.82) is 0 Å². The van der Waals surface area contributed by atoms with E-state index in [9.17, 15) is 9.90 Å². The number of aliphatic hydroxyl groups is 1. The zero-order chi connectivity index (χ0) is 20.8. The van der Waals surface area contributed by atoms with E-state index in [2.05, 4.69) is 0 Å². The van der Waals surface area contributed by atoms with Crippen molar-refractivity contribution in [3.8, 4) is 0 Å². The molecule has 1 aromatic carbocycles. The zero-order valence-electron chi connectivity index (χ0n) is 17.3. The Morgan fingerprint density at radius 1 is 1.07 bits per heavy atom. The fourth-order valence-electron chi connectivity index (χ4n) is 4.00. The normalized spacial score (nSPS) is 29.4. The van der Waals surface area contributed by atoms with Crippen LogP contribution in [0.5, 0.6) is 0 Å². The van der Waals surface area contributed by atoms with Crippen LogP contribution in [0.1, 0.15) is 60.9 Å². The Labute approximate surface area is 177 Å². The molecule has 1 aliphatic carbocycles. The predicted octanol–water partition coefficient (Wildman–Crippen LogP) is 3.99. The van der Waals surface area contributed by atoms with E-state index >= 15 is 0 Å². The maximum atomic E-state index is 12.8. The number of carbonyl (C=O) groups excluding carboxylic acids is 1. The van der Waals surface area contributed by atoms with Gasteiger partial charge in [0.2, 0.25) is 0 Å². The van der Waals surface area contributed by atoms with E-state index in [1.807, 2.05) is 36.4 Å². The number of hydrogen-bond acceptors (Lipinski definition) is 6. The number of allylic oxidation sites excluding steroid dienone is 2. The van der Waals surface area contributed by atoms with Gasteiger partial charge >= 0.3 is 0 Å². The van der Waals surface area contributed by atoms with Crippen LogP contribution in [0.4, 0.5) is 0 Å². The average molecular weight is 414 g/mol. The second-order valence-corrected chi connectivity index (χ2v) is 8.03. The maximum Gasteiger partial charge on any atom is 0.192 e. The van der Waals surface area contributed by atoms with Gasteiger partial charge in [-0.15, -0.1) is 0 Å². The lowest BCUT2D eigenvalue weighted by molar-refractivity contribution is -0.276. The van der Waals surface area contributed by atoms with Crippen LogP contribution in [0, 0.1) is 0 Å². The molecule has 0 aromatic heterocycles. The van der Waals surface area contributed by atoms with Gasteiger partial charge in [-0.1, -0.05) is 36.4 Å². The molecule has 6 nitrogen and oxygen atoms in total.